The zero-order chi connectivity index (χ0) is 15.2. The third-order valence-corrected chi connectivity index (χ3v) is 3.66. The number of likely N-dealkylation sites (N-methyl/N-ethyl adjacent to an activating group) is 1. The predicted molar refractivity (Wildman–Crippen MR) is 83.0 cm³/mol. The van der Waals surface area contributed by atoms with Crippen molar-refractivity contribution >= 4 is 0 Å². The van der Waals surface area contributed by atoms with Gasteiger partial charge in [-0.15, -0.1) is 0 Å². The number of ether oxygens (including phenoxy) is 2. The molecule has 5 nitrogen and oxygen atoms in total. The van der Waals surface area contributed by atoms with Gasteiger partial charge in [-0.2, -0.15) is 0 Å². The summed E-state index contributed by atoms with van der Waals surface area (Å²) >= 11 is 0. The number of aliphatic hydroxyl groups is 1. The van der Waals surface area contributed by atoms with Crippen LogP contribution in [0.4, 0.5) is 0 Å². The van der Waals surface area contributed by atoms with Gasteiger partial charge in [0.2, 0.25) is 0 Å². The van der Waals surface area contributed by atoms with Gasteiger partial charge in [0, 0.05) is 24.7 Å². The zero-order valence-electron chi connectivity index (χ0n) is 13.1. The van der Waals surface area contributed by atoms with Gasteiger partial charge in [-0.3, -0.25) is 0 Å². The molecule has 0 amide bonds. The minimum absolute atomic E-state index is 0.189. The molecular weight excluding hydrogens is 268 g/mol. The fourth-order valence-corrected chi connectivity index (χ4v) is 2.66. The average Bonchev–Trinajstić information content (AvgIpc) is 2.65. The highest BCUT2D eigenvalue weighted by molar-refractivity contribution is 5.42. The molecule has 0 bridgehead atoms. The summed E-state index contributed by atoms with van der Waals surface area (Å²) in [6.07, 6.45) is 1.62. The number of rotatable bonds is 6. The Morgan fingerprint density at radius 1 is 1.48 bits per heavy atom. The van der Waals surface area contributed by atoms with E-state index in [4.69, 9.17) is 9.47 Å². The molecular formula is C16H26N2O3. The van der Waals surface area contributed by atoms with Crippen LogP contribution in [0.2, 0.25) is 0 Å². The molecule has 0 fully saturated rings. The fraction of sp³-hybridized carbons (Fsp3) is 0.625. The average molecular weight is 294 g/mol. The fourth-order valence-electron chi connectivity index (χ4n) is 2.66. The first-order valence-corrected chi connectivity index (χ1v) is 7.47. The van der Waals surface area contributed by atoms with E-state index in [-0.39, 0.29) is 12.1 Å². The first kappa shape index (κ1) is 16.1. The molecule has 0 aromatic heterocycles. The minimum Gasteiger partial charge on any atom is -0.497 e. The molecule has 118 valence electrons. The van der Waals surface area contributed by atoms with E-state index < -0.39 is 0 Å². The van der Waals surface area contributed by atoms with Gasteiger partial charge >= 0.3 is 0 Å². The van der Waals surface area contributed by atoms with E-state index in [0.717, 1.165) is 36.5 Å². The molecule has 0 radical (unpaired) electrons. The van der Waals surface area contributed by atoms with Gasteiger partial charge in [0.25, 0.3) is 0 Å². The minimum atomic E-state index is -0.377. The van der Waals surface area contributed by atoms with Crippen LogP contribution in [0.15, 0.2) is 18.2 Å². The zero-order valence-corrected chi connectivity index (χ0v) is 13.1. The van der Waals surface area contributed by atoms with Crippen LogP contribution in [0, 0.1) is 0 Å². The maximum absolute atomic E-state index is 10.0. The topological polar surface area (TPSA) is 54.0 Å². The molecule has 21 heavy (non-hydrogen) atoms. The largest absolute Gasteiger partial charge is 0.497 e. The number of nitrogens with one attached hydrogen (secondary N) is 1. The Balaban J connectivity index is 2.06. The smallest absolute Gasteiger partial charge is 0.124 e. The Kier molecular flexibility index (Phi) is 5.85. The number of nitrogens with zero attached hydrogens (tertiary/aromatic N) is 1. The Labute approximate surface area is 126 Å². The third-order valence-electron chi connectivity index (χ3n) is 3.66. The van der Waals surface area contributed by atoms with Crippen LogP contribution in [0.25, 0.3) is 0 Å². The second-order valence-corrected chi connectivity index (χ2v) is 5.77. The van der Waals surface area contributed by atoms with Crippen molar-refractivity contribution in [2.75, 3.05) is 40.9 Å². The molecule has 2 atom stereocenters. The second kappa shape index (κ2) is 7.64. The number of benzene rings is 1. The number of hydrogen-bond donors (Lipinski definition) is 2. The molecule has 1 aliphatic heterocycles. The maximum Gasteiger partial charge on any atom is 0.124 e. The van der Waals surface area contributed by atoms with E-state index in [1.165, 1.54) is 0 Å². The molecule has 2 N–H and O–H groups in total. The van der Waals surface area contributed by atoms with Crippen LogP contribution < -0.4 is 14.8 Å². The van der Waals surface area contributed by atoms with Gasteiger partial charge in [0.1, 0.15) is 11.5 Å². The van der Waals surface area contributed by atoms with E-state index in [1.807, 2.05) is 37.2 Å². The summed E-state index contributed by atoms with van der Waals surface area (Å²) in [6.45, 7) is 1.96. The van der Waals surface area contributed by atoms with E-state index in [2.05, 4.69) is 5.32 Å². The van der Waals surface area contributed by atoms with E-state index >= 15 is 0 Å². The van der Waals surface area contributed by atoms with Gasteiger partial charge in [0.05, 0.1) is 19.8 Å². The Morgan fingerprint density at radius 3 is 3.00 bits per heavy atom. The summed E-state index contributed by atoms with van der Waals surface area (Å²) in [5.41, 5.74) is 1.11. The SMILES string of the molecule is COc1ccc2c(c1)C(NCC(O)CN(C)C)CCCO2. The normalized spacial score (nSPS) is 19.6. The highest BCUT2D eigenvalue weighted by Gasteiger charge is 2.21. The van der Waals surface area contributed by atoms with Crippen LogP contribution in [-0.2, 0) is 0 Å². The highest BCUT2D eigenvalue weighted by Crippen LogP contribution is 2.34. The third kappa shape index (κ3) is 4.59. The highest BCUT2D eigenvalue weighted by atomic mass is 16.5. The molecule has 0 saturated carbocycles. The monoisotopic (exact) mass is 294 g/mol. The van der Waals surface area contributed by atoms with Crippen molar-refractivity contribution in [1.29, 1.82) is 0 Å². The molecule has 1 aromatic rings. The summed E-state index contributed by atoms with van der Waals surface area (Å²) < 4.78 is 11.1. The van der Waals surface area contributed by atoms with Crippen LogP contribution in [-0.4, -0.2) is 57.0 Å². The van der Waals surface area contributed by atoms with Crippen molar-refractivity contribution in [1.82, 2.24) is 10.2 Å². The quantitative estimate of drug-likeness (QED) is 0.831. The van der Waals surface area contributed by atoms with Crippen molar-refractivity contribution in [2.45, 2.75) is 25.0 Å². The van der Waals surface area contributed by atoms with Crippen LogP contribution >= 0.6 is 0 Å². The molecule has 1 aliphatic rings. The second-order valence-electron chi connectivity index (χ2n) is 5.77. The van der Waals surface area contributed by atoms with Crippen LogP contribution in [0.5, 0.6) is 11.5 Å². The maximum atomic E-state index is 10.0. The molecule has 0 aliphatic carbocycles. The van der Waals surface area contributed by atoms with Crippen LogP contribution in [0.3, 0.4) is 0 Å². The summed E-state index contributed by atoms with van der Waals surface area (Å²) in [4.78, 5) is 1.99. The Morgan fingerprint density at radius 2 is 2.29 bits per heavy atom. The first-order chi connectivity index (χ1) is 10.1. The van der Waals surface area contributed by atoms with Gasteiger partial charge in [-0.25, -0.2) is 0 Å². The standard InChI is InChI=1S/C16H26N2O3/c1-18(2)11-12(19)10-17-15-5-4-8-21-16-7-6-13(20-3)9-14(15)16/h6-7,9,12,15,17,19H,4-5,8,10-11H2,1-3H3. The Bertz CT molecular complexity index is 451. The van der Waals surface area contributed by atoms with Crippen molar-refractivity contribution in [3.63, 3.8) is 0 Å². The number of aliphatic hydroxyl groups excluding tert-OH is 1. The summed E-state index contributed by atoms with van der Waals surface area (Å²) in [7, 11) is 5.59. The molecule has 5 heteroatoms. The van der Waals surface area contributed by atoms with E-state index in [1.54, 1.807) is 7.11 Å². The lowest BCUT2D eigenvalue weighted by atomic mass is 10.0. The van der Waals surface area contributed by atoms with Gasteiger partial charge < -0.3 is 24.8 Å². The molecule has 2 unspecified atom stereocenters. The summed E-state index contributed by atoms with van der Waals surface area (Å²) in [5, 5.41) is 13.5. The van der Waals surface area contributed by atoms with Crippen molar-refractivity contribution in [2.24, 2.45) is 0 Å². The van der Waals surface area contributed by atoms with Crippen molar-refractivity contribution in [3.8, 4) is 11.5 Å². The van der Waals surface area contributed by atoms with Crippen LogP contribution in [0.1, 0.15) is 24.4 Å². The lowest BCUT2D eigenvalue weighted by Crippen LogP contribution is -2.36. The molecule has 1 aromatic carbocycles. The van der Waals surface area contributed by atoms with Crippen molar-refractivity contribution in [3.05, 3.63) is 23.8 Å². The molecule has 0 spiro atoms. The lowest BCUT2D eigenvalue weighted by molar-refractivity contribution is 0.131. The summed E-state index contributed by atoms with van der Waals surface area (Å²) in [5.74, 6) is 1.74. The number of fused-ring (bicyclic) bond motifs is 1. The number of hydrogen-bond acceptors (Lipinski definition) is 5. The molecule has 0 saturated heterocycles. The van der Waals surface area contributed by atoms with Gasteiger partial charge in [-0.1, -0.05) is 0 Å². The van der Waals surface area contributed by atoms with E-state index in [0.29, 0.717) is 13.1 Å². The van der Waals surface area contributed by atoms with Gasteiger partial charge in [-0.05, 0) is 45.1 Å². The van der Waals surface area contributed by atoms with Crippen molar-refractivity contribution < 1.29 is 14.6 Å². The predicted octanol–water partition coefficient (Wildman–Crippen LogP) is 1.42. The summed E-state index contributed by atoms with van der Waals surface area (Å²) in [6, 6.07) is 6.10. The Hall–Kier alpha value is -1.30. The number of methoxy groups -OCH3 is 1. The van der Waals surface area contributed by atoms with Gasteiger partial charge in [0.15, 0.2) is 0 Å². The molecule has 1 heterocycles. The molecule has 2 rings (SSSR count). The lowest BCUT2D eigenvalue weighted by Gasteiger charge is -2.22. The first-order valence-electron chi connectivity index (χ1n) is 7.47. The van der Waals surface area contributed by atoms with E-state index in [9.17, 15) is 5.11 Å².